The lowest BCUT2D eigenvalue weighted by Gasteiger charge is -2.17. The van der Waals surface area contributed by atoms with Crippen LogP contribution in [0.2, 0.25) is 0 Å². The maximum atomic E-state index is 12.5. The standard InChI is InChI=1S/C8H10FNO/c1-8(10,11)6-3-2-4-7(9)5-6/h2-5,11H,10H2,1H3/t8-/m0/s1. The first-order valence-electron chi connectivity index (χ1n) is 3.27. The van der Waals surface area contributed by atoms with Gasteiger partial charge in [0.2, 0.25) is 0 Å². The first-order valence-corrected chi connectivity index (χ1v) is 3.27. The molecule has 11 heavy (non-hydrogen) atoms. The summed E-state index contributed by atoms with van der Waals surface area (Å²) in [7, 11) is 0. The molecule has 1 aromatic carbocycles. The van der Waals surface area contributed by atoms with Crippen LogP contribution in [0, 0.1) is 5.82 Å². The van der Waals surface area contributed by atoms with Crippen molar-refractivity contribution in [3.05, 3.63) is 35.6 Å². The Morgan fingerprint density at radius 1 is 1.55 bits per heavy atom. The molecule has 1 aromatic rings. The van der Waals surface area contributed by atoms with E-state index in [0.717, 1.165) is 0 Å². The summed E-state index contributed by atoms with van der Waals surface area (Å²) >= 11 is 0. The molecule has 2 nitrogen and oxygen atoms in total. The van der Waals surface area contributed by atoms with Gasteiger partial charge >= 0.3 is 0 Å². The van der Waals surface area contributed by atoms with E-state index in [-0.39, 0.29) is 0 Å². The zero-order valence-corrected chi connectivity index (χ0v) is 6.21. The summed E-state index contributed by atoms with van der Waals surface area (Å²) in [6, 6.07) is 5.59. The fraction of sp³-hybridized carbons (Fsp3) is 0.250. The highest BCUT2D eigenvalue weighted by Crippen LogP contribution is 2.14. The van der Waals surface area contributed by atoms with Crippen LogP contribution in [0.25, 0.3) is 0 Å². The van der Waals surface area contributed by atoms with Crippen molar-refractivity contribution in [2.24, 2.45) is 5.73 Å². The number of aliphatic hydroxyl groups is 1. The molecule has 3 N–H and O–H groups in total. The molecule has 0 aromatic heterocycles. The molecule has 1 atom stereocenters. The molecule has 1 rings (SSSR count). The van der Waals surface area contributed by atoms with E-state index in [4.69, 9.17) is 5.73 Å². The average Bonchev–Trinajstić information content (AvgIpc) is 1.86. The zero-order valence-electron chi connectivity index (χ0n) is 6.21. The Labute approximate surface area is 64.5 Å². The Hall–Kier alpha value is -0.930. The summed E-state index contributed by atoms with van der Waals surface area (Å²) in [5, 5.41) is 9.22. The van der Waals surface area contributed by atoms with Crippen LogP contribution >= 0.6 is 0 Å². The van der Waals surface area contributed by atoms with E-state index >= 15 is 0 Å². The molecular formula is C8H10FNO. The number of rotatable bonds is 1. The van der Waals surface area contributed by atoms with E-state index in [9.17, 15) is 9.50 Å². The van der Waals surface area contributed by atoms with Crippen molar-refractivity contribution >= 4 is 0 Å². The second-order valence-electron chi connectivity index (χ2n) is 2.66. The van der Waals surface area contributed by atoms with Crippen molar-refractivity contribution in [2.45, 2.75) is 12.6 Å². The molecule has 0 bridgehead atoms. The van der Waals surface area contributed by atoms with E-state index in [2.05, 4.69) is 0 Å². The van der Waals surface area contributed by atoms with E-state index in [1.54, 1.807) is 6.07 Å². The van der Waals surface area contributed by atoms with Crippen LogP contribution in [0.3, 0.4) is 0 Å². The number of halogens is 1. The molecule has 0 fully saturated rings. The lowest BCUT2D eigenvalue weighted by atomic mass is 10.1. The van der Waals surface area contributed by atoms with Crippen LogP contribution in [0.15, 0.2) is 24.3 Å². The van der Waals surface area contributed by atoms with Crippen LogP contribution < -0.4 is 5.73 Å². The van der Waals surface area contributed by atoms with Gasteiger partial charge in [-0.1, -0.05) is 12.1 Å². The third kappa shape index (κ3) is 2.00. The molecular weight excluding hydrogens is 145 g/mol. The molecule has 0 amide bonds. The van der Waals surface area contributed by atoms with Gasteiger partial charge in [-0.2, -0.15) is 0 Å². The van der Waals surface area contributed by atoms with Crippen LogP contribution in [0.4, 0.5) is 4.39 Å². The molecule has 0 saturated heterocycles. The van der Waals surface area contributed by atoms with Crippen molar-refractivity contribution in [1.82, 2.24) is 0 Å². The van der Waals surface area contributed by atoms with Crippen LogP contribution in [-0.4, -0.2) is 5.11 Å². The summed E-state index contributed by atoms with van der Waals surface area (Å²) in [4.78, 5) is 0. The van der Waals surface area contributed by atoms with Gasteiger partial charge in [-0.05, 0) is 19.1 Å². The number of hydrogen-bond acceptors (Lipinski definition) is 2. The van der Waals surface area contributed by atoms with Crippen LogP contribution in [-0.2, 0) is 5.72 Å². The molecule has 0 spiro atoms. The molecule has 3 heteroatoms. The quantitative estimate of drug-likeness (QED) is 0.593. The Morgan fingerprint density at radius 2 is 2.18 bits per heavy atom. The lowest BCUT2D eigenvalue weighted by Crippen LogP contribution is -2.32. The minimum Gasteiger partial charge on any atom is -0.372 e. The summed E-state index contributed by atoms with van der Waals surface area (Å²) < 4.78 is 12.5. The van der Waals surface area contributed by atoms with E-state index < -0.39 is 11.5 Å². The first kappa shape index (κ1) is 8.17. The fourth-order valence-corrected chi connectivity index (χ4v) is 0.803. The Bertz CT molecular complexity index is 255. The molecule has 0 aliphatic carbocycles. The normalized spacial score (nSPS) is 16.0. The molecule has 60 valence electrons. The number of nitrogens with two attached hydrogens (primary N) is 1. The van der Waals surface area contributed by atoms with Crippen molar-refractivity contribution in [3.63, 3.8) is 0 Å². The first-order chi connectivity index (χ1) is 5.00. The summed E-state index contributed by atoms with van der Waals surface area (Å²) in [5.74, 6) is -0.395. The van der Waals surface area contributed by atoms with Crippen LogP contribution in [0.1, 0.15) is 12.5 Å². The maximum absolute atomic E-state index is 12.5. The lowest BCUT2D eigenvalue weighted by molar-refractivity contribution is 0.0644. The fourth-order valence-electron chi connectivity index (χ4n) is 0.803. The molecule has 0 heterocycles. The third-order valence-corrected chi connectivity index (χ3v) is 1.41. The van der Waals surface area contributed by atoms with Crippen LogP contribution in [0.5, 0.6) is 0 Å². The van der Waals surface area contributed by atoms with E-state index in [1.807, 2.05) is 0 Å². The predicted octanol–water partition coefficient (Wildman–Crippen LogP) is 0.949. The molecule has 0 aliphatic rings. The Morgan fingerprint density at radius 3 is 2.55 bits per heavy atom. The van der Waals surface area contributed by atoms with Gasteiger partial charge < -0.3 is 10.8 Å². The molecule has 0 saturated carbocycles. The van der Waals surface area contributed by atoms with E-state index in [0.29, 0.717) is 5.56 Å². The van der Waals surface area contributed by atoms with Crippen molar-refractivity contribution in [2.75, 3.05) is 0 Å². The highest BCUT2D eigenvalue weighted by Gasteiger charge is 2.15. The topological polar surface area (TPSA) is 46.2 Å². The van der Waals surface area contributed by atoms with Gasteiger partial charge in [0.1, 0.15) is 11.5 Å². The van der Waals surface area contributed by atoms with Crippen molar-refractivity contribution in [3.8, 4) is 0 Å². The summed E-state index contributed by atoms with van der Waals surface area (Å²) in [6.45, 7) is 1.40. The van der Waals surface area contributed by atoms with Gasteiger partial charge in [-0.15, -0.1) is 0 Å². The Balaban J connectivity index is 3.06. The third-order valence-electron chi connectivity index (χ3n) is 1.41. The predicted molar refractivity (Wildman–Crippen MR) is 40.2 cm³/mol. The highest BCUT2D eigenvalue weighted by molar-refractivity contribution is 5.21. The van der Waals surface area contributed by atoms with Gasteiger partial charge in [0, 0.05) is 5.56 Å². The molecule has 0 aliphatic heterocycles. The highest BCUT2D eigenvalue weighted by atomic mass is 19.1. The van der Waals surface area contributed by atoms with Crippen molar-refractivity contribution in [1.29, 1.82) is 0 Å². The van der Waals surface area contributed by atoms with Gasteiger partial charge in [0.25, 0.3) is 0 Å². The second-order valence-corrected chi connectivity index (χ2v) is 2.66. The minimum atomic E-state index is -1.46. The average molecular weight is 155 g/mol. The monoisotopic (exact) mass is 155 g/mol. The second kappa shape index (κ2) is 2.60. The van der Waals surface area contributed by atoms with Gasteiger partial charge in [-0.3, -0.25) is 0 Å². The largest absolute Gasteiger partial charge is 0.372 e. The van der Waals surface area contributed by atoms with E-state index in [1.165, 1.54) is 25.1 Å². The summed E-state index contributed by atoms with van der Waals surface area (Å²) in [6.07, 6.45) is 0. The van der Waals surface area contributed by atoms with Gasteiger partial charge in [0.15, 0.2) is 0 Å². The number of benzene rings is 1. The van der Waals surface area contributed by atoms with Crippen molar-refractivity contribution < 1.29 is 9.50 Å². The minimum absolute atomic E-state index is 0.373. The van der Waals surface area contributed by atoms with Gasteiger partial charge in [0.05, 0.1) is 0 Å². The maximum Gasteiger partial charge on any atom is 0.136 e. The Kier molecular flexibility index (Phi) is 1.93. The molecule has 0 radical (unpaired) electrons. The number of hydrogen-bond donors (Lipinski definition) is 2. The smallest absolute Gasteiger partial charge is 0.136 e. The SMILES string of the molecule is C[C@](N)(O)c1cccc(F)c1. The zero-order chi connectivity index (χ0) is 8.48. The van der Waals surface area contributed by atoms with Gasteiger partial charge in [-0.25, -0.2) is 4.39 Å². The molecule has 0 unspecified atom stereocenters. The summed E-state index contributed by atoms with van der Waals surface area (Å²) in [5.41, 5.74) is 4.23.